The van der Waals surface area contributed by atoms with E-state index >= 15 is 0 Å². The molecule has 1 fully saturated rings. The average molecular weight is 300 g/mol. The van der Waals surface area contributed by atoms with Gasteiger partial charge >= 0.3 is 0 Å². The molecule has 1 aromatic carbocycles. The normalized spacial score (nSPS) is 16.8. The first-order valence-electron chi connectivity index (χ1n) is 7.60. The molecule has 1 aliphatic carbocycles. The molecule has 0 spiro atoms. The van der Waals surface area contributed by atoms with Gasteiger partial charge in [-0.1, -0.05) is 25.0 Å². The molecule has 1 amide bonds. The van der Waals surface area contributed by atoms with Gasteiger partial charge in [0.2, 0.25) is 0 Å². The standard InChI is InChI=1S/C17H20N2O3/c1-19-13-7-3-2-6-12(13)15(20)10-14(19)16(21)18-11-17(22)8-4-5-9-17/h2-3,6-7,10,22H,4-5,8-9,11H2,1H3,(H,18,21). The van der Waals surface area contributed by atoms with Gasteiger partial charge in [0, 0.05) is 25.0 Å². The second-order valence-corrected chi connectivity index (χ2v) is 6.08. The zero-order chi connectivity index (χ0) is 15.7. The number of pyridine rings is 1. The summed E-state index contributed by atoms with van der Waals surface area (Å²) in [5.41, 5.74) is 0.0641. The number of hydrogen-bond donors (Lipinski definition) is 2. The van der Waals surface area contributed by atoms with E-state index in [1.807, 2.05) is 12.1 Å². The third kappa shape index (κ3) is 2.64. The highest BCUT2D eigenvalue weighted by atomic mass is 16.3. The summed E-state index contributed by atoms with van der Waals surface area (Å²) in [5.74, 6) is -0.328. The predicted molar refractivity (Wildman–Crippen MR) is 84.9 cm³/mol. The van der Waals surface area contributed by atoms with Gasteiger partial charge in [0.1, 0.15) is 5.69 Å². The molecule has 1 aliphatic rings. The van der Waals surface area contributed by atoms with E-state index in [1.165, 1.54) is 6.07 Å². The fourth-order valence-corrected chi connectivity index (χ4v) is 3.17. The monoisotopic (exact) mass is 300 g/mol. The molecule has 5 nitrogen and oxygen atoms in total. The number of hydrogen-bond acceptors (Lipinski definition) is 3. The highest BCUT2D eigenvalue weighted by molar-refractivity contribution is 5.95. The lowest BCUT2D eigenvalue weighted by atomic mass is 10.0. The Hall–Kier alpha value is -2.14. The first kappa shape index (κ1) is 14.8. The summed E-state index contributed by atoms with van der Waals surface area (Å²) >= 11 is 0. The van der Waals surface area contributed by atoms with Crippen molar-refractivity contribution < 1.29 is 9.90 Å². The lowest BCUT2D eigenvalue weighted by Crippen LogP contribution is -2.41. The summed E-state index contributed by atoms with van der Waals surface area (Å²) in [4.78, 5) is 24.5. The molecule has 0 atom stereocenters. The highest BCUT2D eigenvalue weighted by Gasteiger charge is 2.31. The fourth-order valence-electron chi connectivity index (χ4n) is 3.17. The number of amides is 1. The number of aromatic nitrogens is 1. The largest absolute Gasteiger partial charge is 0.388 e. The summed E-state index contributed by atoms with van der Waals surface area (Å²) in [6.07, 6.45) is 3.40. The van der Waals surface area contributed by atoms with E-state index in [2.05, 4.69) is 5.32 Å². The van der Waals surface area contributed by atoms with E-state index in [9.17, 15) is 14.7 Å². The molecular formula is C17H20N2O3. The second-order valence-electron chi connectivity index (χ2n) is 6.08. The second kappa shape index (κ2) is 5.57. The van der Waals surface area contributed by atoms with Gasteiger partial charge in [-0.3, -0.25) is 9.59 Å². The maximum atomic E-state index is 12.4. The molecule has 2 N–H and O–H groups in total. The van der Waals surface area contributed by atoms with Crippen molar-refractivity contribution in [3.63, 3.8) is 0 Å². The molecular weight excluding hydrogens is 280 g/mol. The topological polar surface area (TPSA) is 71.3 Å². The van der Waals surface area contributed by atoms with E-state index in [0.717, 1.165) is 18.4 Å². The molecule has 1 saturated carbocycles. The minimum Gasteiger partial charge on any atom is -0.388 e. The summed E-state index contributed by atoms with van der Waals surface area (Å²) < 4.78 is 1.71. The van der Waals surface area contributed by atoms with Crippen molar-refractivity contribution >= 4 is 16.8 Å². The molecule has 0 saturated heterocycles. The van der Waals surface area contributed by atoms with Gasteiger partial charge < -0.3 is 15.0 Å². The highest BCUT2D eigenvalue weighted by Crippen LogP contribution is 2.28. The molecule has 0 aliphatic heterocycles. The van der Waals surface area contributed by atoms with Gasteiger partial charge in [0.25, 0.3) is 5.91 Å². The Bertz CT molecular complexity index is 773. The molecule has 0 radical (unpaired) electrons. The van der Waals surface area contributed by atoms with Crippen molar-refractivity contribution in [2.75, 3.05) is 6.54 Å². The predicted octanol–water partition coefficient (Wildman–Crippen LogP) is 1.57. The van der Waals surface area contributed by atoms with Crippen LogP contribution in [-0.4, -0.2) is 27.7 Å². The smallest absolute Gasteiger partial charge is 0.268 e. The Kier molecular flexibility index (Phi) is 3.74. The number of benzene rings is 1. The summed E-state index contributed by atoms with van der Waals surface area (Å²) in [6.45, 7) is 0.229. The number of fused-ring (bicyclic) bond motifs is 1. The zero-order valence-corrected chi connectivity index (χ0v) is 12.6. The van der Waals surface area contributed by atoms with Gasteiger partial charge in [-0.15, -0.1) is 0 Å². The van der Waals surface area contributed by atoms with Crippen molar-refractivity contribution in [2.45, 2.75) is 31.3 Å². The van der Waals surface area contributed by atoms with E-state index in [4.69, 9.17) is 0 Å². The van der Waals surface area contributed by atoms with Crippen LogP contribution in [0.25, 0.3) is 10.9 Å². The van der Waals surface area contributed by atoms with Gasteiger partial charge in [0.15, 0.2) is 5.43 Å². The molecule has 1 aromatic heterocycles. The Morgan fingerprint density at radius 2 is 2.00 bits per heavy atom. The summed E-state index contributed by atoms with van der Waals surface area (Å²) in [6, 6.07) is 8.57. The first-order valence-corrected chi connectivity index (χ1v) is 7.60. The number of aryl methyl sites for hydroxylation is 1. The minimum atomic E-state index is -0.800. The maximum absolute atomic E-state index is 12.4. The van der Waals surface area contributed by atoms with Crippen molar-refractivity contribution in [3.05, 3.63) is 46.2 Å². The van der Waals surface area contributed by atoms with Gasteiger partial charge in [-0.25, -0.2) is 0 Å². The molecule has 116 valence electrons. The molecule has 5 heteroatoms. The van der Waals surface area contributed by atoms with Crippen LogP contribution in [0.1, 0.15) is 36.2 Å². The zero-order valence-electron chi connectivity index (χ0n) is 12.6. The Morgan fingerprint density at radius 1 is 1.32 bits per heavy atom. The van der Waals surface area contributed by atoms with Gasteiger partial charge in [-0.2, -0.15) is 0 Å². The molecule has 0 unspecified atom stereocenters. The van der Waals surface area contributed by atoms with Crippen LogP contribution in [0.5, 0.6) is 0 Å². The lowest BCUT2D eigenvalue weighted by Gasteiger charge is -2.22. The molecule has 1 heterocycles. The van der Waals surface area contributed by atoms with E-state index in [0.29, 0.717) is 23.9 Å². The van der Waals surface area contributed by atoms with Crippen LogP contribution in [0.3, 0.4) is 0 Å². The van der Waals surface area contributed by atoms with Crippen molar-refractivity contribution in [2.24, 2.45) is 7.05 Å². The minimum absolute atomic E-state index is 0.168. The van der Waals surface area contributed by atoms with E-state index in [-0.39, 0.29) is 17.9 Å². The molecule has 2 aromatic rings. The van der Waals surface area contributed by atoms with E-state index < -0.39 is 5.60 Å². The van der Waals surface area contributed by atoms with Crippen molar-refractivity contribution in [1.82, 2.24) is 9.88 Å². The van der Waals surface area contributed by atoms with Crippen LogP contribution in [0, 0.1) is 0 Å². The molecule has 3 rings (SSSR count). The average Bonchev–Trinajstić information content (AvgIpc) is 2.96. The number of carbonyl (C=O) groups is 1. The van der Waals surface area contributed by atoms with Crippen LogP contribution < -0.4 is 10.7 Å². The number of nitrogens with zero attached hydrogens (tertiary/aromatic N) is 1. The summed E-state index contributed by atoms with van der Waals surface area (Å²) in [7, 11) is 1.76. The SMILES string of the molecule is Cn1c(C(=O)NCC2(O)CCCC2)cc(=O)c2ccccc21. The summed E-state index contributed by atoms with van der Waals surface area (Å²) in [5, 5.41) is 13.7. The van der Waals surface area contributed by atoms with E-state index in [1.54, 1.807) is 23.7 Å². The number of nitrogens with one attached hydrogen (secondary N) is 1. The molecule has 22 heavy (non-hydrogen) atoms. The van der Waals surface area contributed by atoms with Crippen molar-refractivity contribution in [3.8, 4) is 0 Å². The Labute approximate surface area is 128 Å². The third-order valence-corrected chi connectivity index (χ3v) is 4.50. The van der Waals surface area contributed by atoms with Crippen LogP contribution in [-0.2, 0) is 7.05 Å². The third-order valence-electron chi connectivity index (χ3n) is 4.50. The van der Waals surface area contributed by atoms with Gasteiger partial charge in [0.05, 0.1) is 11.1 Å². The fraction of sp³-hybridized carbons (Fsp3) is 0.412. The molecule has 0 bridgehead atoms. The van der Waals surface area contributed by atoms with Crippen LogP contribution in [0.15, 0.2) is 35.1 Å². The van der Waals surface area contributed by atoms with Crippen LogP contribution in [0.2, 0.25) is 0 Å². The Balaban J connectivity index is 1.88. The quantitative estimate of drug-likeness (QED) is 0.904. The van der Waals surface area contributed by atoms with Crippen LogP contribution in [0.4, 0.5) is 0 Å². The number of aliphatic hydroxyl groups is 1. The maximum Gasteiger partial charge on any atom is 0.268 e. The number of rotatable bonds is 3. The first-order chi connectivity index (χ1) is 10.5. The number of para-hydroxylation sites is 1. The van der Waals surface area contributed by atoms with Crippen LogP contribution >= 0.6 is 0 Å². The number of carbonyl (C=O) groups excluding carboxylic acids is 1. The lowest BCUT2D eigenvalue weighted by molar-refractivity contribution is 0.0448. The Morgan fingerprint density at radius 3 is 2.73 bits per heavy atom. The van der Waals surface area contributed by atoms with Gasteiger partial charge in [-0.05, 0) is 25.0 Å². The van der Waals surface area contributed by atoms with Crippen molar-refractivity contribution in [1.29, 1.82) is 0 Å².